The number of nitriles is 1. The first-order valence-electron chi connectivity index (χ1n) is 4.57. The fraction of sp³-hybridized carbons (Fsp3) is 0.364. The third kappa shape index (κ3) is 1.50. The molecule has 0 bridgehead atoms. The Bertz CT molecular complexity index is 359. The smallest absolute Gasteiger partial charge is 0.0991 e. The van der Waals surface area contributed by atoms with Gasteiger partial charge < -0.3 is 5.32 Å². The molecule has 0 aliphatic heterocycles. The van der Waals surface area contributed by atoms with E-state index in [-0.39, 0.29) is 0 Å². The molecule has 13 heavy (non-hydrogen) atoms. The molecule has 1 aromatic rings. The minimum Gasteiger partial charge on any atom is -0.388 e. The Morgan fingerprint density at radius 2 is 2.23 bits per heavy atom. The Morgan fingerprint density at radius 3 is 2.77 bits per heavy atom. The second kappa shape index (κ2) is 3.10. The van der Waals surface area contributed by atoms with Gasteiger partial charge in [-0.25, -0.2) is 0 Å². The largest absolute Gasteiger partial charge is 0.388 e. The van der Waals surface area contributed by atoms with Crippen molar-refractivity contribution in [3.05, 3.63) is 29.3 Å². The number of hydrogen-bond donors (Lipinski definition) is 1. The van der Waals surface area contributed by atoms with Crippen molar-refractivity contribution >= 4 is 5.69 Å². The minimum absolute atomic E-state index is 0.691. The van der Waals surface area contributed by atoms with Gasteiger partial charge in [0.25, 0.3) is 0 Å². The molecule has 1 fully saturated rings. The zero-order valence-electron chi connectivity index (χ0n) is 7.67. The standard InChI is InChI=1S/C11H12N2/c1-13-11-5-2-8(7-12)6-10(11)9-3-4-9/h2,5-6,9,13H,3-4H2,1H3. The van der Waals surface area contributed by atoms with Crippen molar-refractivity contribution in [2.45, 2.75) is 18.8 Å². The van der Waals surface area contributed by atoms with Crippen LogP contribution in [0.25, 0.3) is 0 Å². The van der Waals surface area contributed by atoms with Crippen LogP contribution in [0.3, 0.4) is 0 Å². The summed E-state index contributed by atoms with van der Waals surface area (Å²) in [6.45, 7) is 0. The molecule has 0 unspecified atom stereocenters. The SMILES string of the molecule is CNc1ccc(C#N)cc1C1CC1. The maximum absolute atomic E-state index is 8.76. The highest BCUT2D eigenvalue weighted by Gasteiger charge is 2.25. The third-order valence-electron chi connectivity index (χ3n) is 2.47. The Hall–Kier alpha value is -1.49. The average Bonchev–Trinajstić information content (AvgIpc) is 3.00. The van der Waals surface area contributed by atoms with Crippen molar-refractivity contribution in [3.63, 3.8) is 0 Å². The molecule has 0 spiro atoms. The second-order valence-electron chi connectivity index (χ2n) is 3.44. The monoisotopic (exact) mass is 172 g/mol. The average molecular weight is 172 g/mol. The van der Waals surface area contributed by atoms with Crippen LogP contribution >= 0.6 is 0 Å². The van der Waals surface area contributed by atoms with Crippen LogP contribution in [-0.2, 0) is 0 Å². The summed E-state index contributed by atoms with van der Waals surface area (Å²) in [6.07, 6.45) is 2.53. The highest BCUT2D eigenvalue weighted by atomic mass is 14.8. The molecule has 2 heteroatoms. The van der Waals surface area contributed by atoms with E-state index in [1.807, 2.05) is 25.2 Å². The van der Waals surface area contributed by atoms with E-state index in [1.165, 1.54) is 24.1 Å². The van der Waals surface area contributed by atoms with Gasteiger partial charge in [0, 0.05) is 12.7 Å². The Balaban J connectivity index is 2.42. The van der Waals surface area contributed by atoms with Crippen molar-refractivity contribution in [2.75, 3.05) is 12.4 Å². The van der Waals surface area contributed by atoms with Gasteiger partial charge in [-0.05, 0) is 42.5 Å². The maximum Gasteiger partial charge on any atom is 0.0991 e. The predicted molar refractivity (Wildman–Crippen MR) is 52.7 cm³/mol. The number of rotatable bonds is 2. The molecule has 1 aromatic carbocycles. The molecule has 1 saturated carbocycles. The number of nitrogens with one attached hydrogen (secondary N) is 1. The molecular formula is C11H12N2. The highest BCUT2D eigenvalue weighted by molar-refractivity contribution is 5.56. The molecule has 0 amide bonds. The summed E-state index contributed by atoms with van der Waals surface area (Å²) >= 11 is 0. The molecule has 2 nitrogen and oxygen atoms in total. The second-order valence-corrected chi connectivity index (χ2v) is 3.44. The number of benzene rings is 1. The normalized spacial score (nSPS) is 15.1. The zero-order valence-corrected chi connectivity index (χ0v) is 7.67. The molecule has 1 aliphatic rings. The van der Waals surface area contributed by atoms with Gasteiger partial charge in [0.2, 0.25) is 0 Å². The number of nitrogens with zero attached hydrogens (tertiary/aromatic N) is 1. The van der Waals surface area contributed by atoms with E-state index in [0.29, 0.717) is 5.92 Å². The van der Waals surface area contributed by atoms with Crippen molar-refractivity contribution in [2.24, 2.45) is 0 Å². The van der Waals surface area contributed by atoms with E-state index in [4.69, 9.17) is 5.26 Å². The molecule has 0 saturated heterocycles. The first kappa shape index (κ1) is 8.12. The molecule has 2 rings (SSSR count). The number of anilines is 1. The Morgan fingerprint density at radius 1 is 1.46 bits per heavy atom. The van der Waals surface area contributed by atoms with E-state index < -0.39 is 0 Å². The van der Waals surface area contributed by atoms with E-state index in [1.54, 1.807) is 0 Å². The lowest BCUT2D eigenvalue weighted by atomic mass is 10.1. The molecule has 66 valence electrons. The van der Waals surface area contributed by atoms with Gasteiger partial charge in [0.1, 0.15) is 0 Å². The lowest BCUT2D eigenvalue weighted by Gasteiger charge is -2.07. The first-order chi connectivity index (χ1) is 6.35. The fourth-order valence-corrected chi connectivity index (χ4v) is 1.59. The fourth-order valence-electron chi connectivity index (χ4n) is 1.59. The van der Waals surface area contributed by atoms with Crippen LogP contribution in [0.1, 0.15) is 29.9 Å². The van der Waals surface area contributed by atoms with Gasteiger partial charge in [-0.2, -0.15) is 5.26 Å². The number of hydrogen-bond acceptors (Lipinski definition) is 2. The maximum atomic E-state index is 8.76. The van der Waals surface area contributed by atoms with Gasteiger partial charge in [0.05, 0.1) is 11.6 Å². The van der Waals surface area contributed by atoms with Crippen molar-refractivity contribution in [1.29, 1.82) is 5.26 Å². The summed E-state index contributed by atoms with van der Waals surface area (Å²) in [5, 5.41) is 11.9. The summed E-state index contributed by atoms with van der Waals surface area (Å²) in [6, 6.07) is 8.03. The zero-order chi connectivity index (χ0) is 9.26. The molecule has 1 N–H and O–H groups in total. The van der Waals surface area contributed by atoms with Gasteiger partial charge in [-0.15, -0.1) is 0 Å². The van der Waals surface area contributed by atoms with Crippen molar-refractivity contribution in [3.8, 4) is 6.07 Å². The summed E-state index contributed by atoms with van der Waals surface area (Å²) in [4.78, 5) is 0. The van der Waals surface area contributed by atoms with Crippen molar-refractivity contribution < 1.29 is 0 Å². The lowest BCUT2D eigenvalue weighted by Crippen LogP contribution is -1.94. The highest BCUT2D eigenvalue weighted by Crippen LogP contribution is 2.43. The predicted octanol–water partition coefficient (Wildman–Crippen LogP) is 2.48. The molecule has 1 aliphatic carbocycles. The summed E-state index contributed by atoms with van der Waals surface area (Å²) in [7, 11) is 1.92. The topological polar surface area (TPSA) is 35.8 Å². The van der Waals surface area contributed by atoms with Gasteiger partial charge >= 0.3 is 0 Å². The van der Waals surface area contributed by atoms with Gasteiger partial charge in [-0.3, -0.25) is 0 Å². The summed E-state index contributed by atoms with van der Waals surface area (Å²) in [5.74, 6) is 0.691. The minimum atomic E-state index is 0.691. The van der Waals surface area contributed by atoms with Crippen LogP contribution in [0, 0.1) is 11.3 Å². The Labute approximate surface area is 78.2 Å². The quantitative estimate of drug-likeness (QED) is 0.743. The lowest BCUT2D eigenvalue weighted by molar-refractivity contribution is 1.12. The van der Waals surface area contributed by atoms with E-state index in [2.05, 4.69) is 11.4 Å². The van der Waals surface area contributed by atoms with Gasteiger partial charge in [-0.1, -0.05) is 0 Å². The summed E-state index contributed by atoms with van der Waals surface area (Å²) in [5.41, 5.74) is 3.24. The molecule has 0 aromatic heterocycles. The van der Waals surface area contributed by atoms with E-state index in [9.17, 15) is 0 Å². The van der Waals surface area contributed by atoms with Crippen molar-refractivity contribution in [1.82, 2.24) is 0 Å². The summed E-state index contributed by atoms with van der Waals surface area (Å²) < 4.78 is 0. The van der Waals surface area contributed by atoms with Crippen LogP contribution in [0.5, 0.6) is 0 Å². The molecular weight excluding hydrogens is 160 g/mol. The van der Waals surface area contributed by atoms with E-state index in [0.717, 1.165) is 5.56 Å². The van der Waals surface area contributed by atoms with Crippen LogP contribution in [-0.4, -0.2) is 7.05 Å². The first-order valence-corrected chi connectivity index (χ1v) is 4.57. The molecule has 0 atom stereocenters. The van der Waals surface area contributed by atoms with E-state index >= 15 is 0 Å². The van der Waals surface area contributed by atoms with Crippen LogP contribution in [0.15, 0.2) is 18.2 Å². The van der Waals surface area contributed by atoms with Crippen LogP contribution in [0.4, 0.5) is 5.69 Å². The molecule has 0 radical (unpaired) electrons. The van der Waals surface area contributed by atoms with Crippen LogP contribution in [0.2, 0.25) is 0 Å². The third-order valence-corrected chi connectivity index (χ3v) is 2.47. The Kier molecular flexibility index (Phi) is 1.94. The van der Waals surface area contributed by atoms with Crippen LogP contribution < -0.4 is 5.32 Å². The molecule has 0 heterocycles. The van der Waals surface area contributed by atoms with Gasteiger partial charge in [0.15, 0.2) is 0 Å².